The van der Waals surface area contributed by atoms with Crippen molar-refractivity contribution in [3.05, 3.63) is 64.1 Å². The monoisotopic (exact) mass is 402 g/mol. The van der Waals surface area contributed by atoms with E-state index in [0.717, 1.165) is 27.7 Å². The average Bonchev–Trinajstić information content (AvgIpc) is 2.61. The molecule has 0 saturated heterocycles. The van der Waals surface area contributed by atoms with E-state index in [1.54, 1.807) is 0 Å². The highest BCUT2D eigenvalue weighted by Crippen LogP contribution is 2.14. The molecule has 0 bridgehead atoms. The van der Waals surface area contributed by atoms with Crippen molar-refractivity contribution < 1.29 is 9.59 Å². The molecular weight excluding hydrogens is 380 g/mol. The lowest BCUT2D eigenvalue weighted by Gasteiger charge is -2.11. The van der Waals surface area contributed by atoms with Crippen molar-refractivity contribution in [2.24, 2.45) is 5.92 Å². The summed E-state index contributed by atoms with van der Waals surface area (Å²) < 4.78 is 0.993. The third kappa shape index (κ3) is 6.35. The van der Waals surface area contributed by atoms with Crippen LogP contribution in [0.2, 0.25) is 0 Å². The Balaban J connectivity index is 1.88. The summed E-state index contributed by atoms with van der Waals surface area (Å²) in [4.78, 5) is 24.0. The third-order valence-electron chi connectivity index (χ3n) is 4.02. The molecule has 0 saturated carbocycles. The predicted octanol–water partition coefficient (Wildman–Crippen LogP) is 4.29. The second-order valence-electron chi connectivity index (χ2n) is 6.08. The van der Waals surface area contributed by atoms with Crippen molar-refractivity contribution in [2.75, 3.05) is 5.32 Å². The molecule has 5 heteroatoms. The zero-order valence-corrected chi connectivity index (χ0v) is 16.1. The fourth-order valence-corrected chi connectivity index (χ4v) is 2.53. The van der Waals surface area contributed by atoms with Gasteiger partial charge in [0.1, 0.15) is 0 Å². The van der Waals surface area contributed by atoms with Gasteiger partial charge in [-0.05, 0) is 41.8 Å². The number of carbonyl (C=O) groups is 2. The Kier molecular flexibility index (Phi) is 7.19. The van der Waals surface area contributed by atoms with Crippen LogP contribution in [0.1, 0.15) is 31.4 Å². The van der Waals surface area contributed by atoms with E-state index in [1.165, 1.54) is 0 Å². The number of halogens is 1. The lowest BCUT2D eigenvalue weighted by atomic mass is 10.1. The topological polar surface area (TPSA) is 58.2 Å². The van der Waals surface area contributed by atoms with Crippen molar-refractivity contribution in [1.82, 2.24) is 5.32 Å². The van der Waals surface area contributed by atoms with Gasteiger partial charge in [0.25, 0.3) is 0 Å². The summed E-state index contributed by atoms with van der Waals surface area (Å²) in [7, 11) is 0. The van der Waals surface area contributed by atoms with Crippen molar-refractivity contribution >= 4 is 33.4 Å². The largest absolute Gasteiger partial charge is 0.352 e. The Morgan fingerprint density at radius 1 is 1.08 bits per heavy atom. The second-order valence-corrected chi connectivity index (χ2v) is 6.99. The summed E-state index contributed by atoms with van der Waals surface area (Å²) in [5.41, 5.74) is 2.67. The van der Waals surface area contributed by atoms with Crippen LogP contribution in [0.5, 0.6) is 0 Å². The molecule has 1 unspecified atom stereocenters. The van der Waals surface area contributed by atoms with E-state index < -0.39 is 0 Å². The zero-order chi connectivity index (χ0) is 18.2. The first kappa shape index (κ1) is 19.2. The number of rotatable bonds is 7. The SMILES string of the molecule is CCC(C)C(=O)Nc1cccc(CNC(=O)Cc2ccc(Br)cc2)c1. The van der Waals surface area contributed by atoms with Crippen LogP contribution in [0.15, 0.2) is 53.0 Å². The number of hydrogen-bond donors (Lipinski definition) is 2. The Hall–Kier alpha value is -2.14. The first-order chi connectivity index (χ1) is 12.0. The molecule has 0 heterocycles. The standard InChI is InChI=1S/C20H23BrN2O2/c1-3-14(2)20(25)23-18-6-4-5-16(11-18)13-22-19(24)12-15-7-9-17(21)10-8-15/h4-11,14H,3,12-13H2,1-2H3,(H,22,24)(H,23,25). The summed E-state index contributed by atoms with van der Waals surface area (Å²) in [6, 6.07) is 15.2. The van der Waals surface area contributed by atoms with Crippen LogP contribution in [0.4, 0.5) is 5.69 Å². The fraction of sp³-hybridized carbons (Fsp3) is 0.300. The van der Waals surface area contributed by atoms with Crippen LogP contribution in [0.25, 0.3) is 0 Å². The smallest absolute Gasteiger partial charge is 0.227 e. The summed E-state index contributed by atoms with van der Waals surface area (Å²) in [5, 5.41) is 5.82. The highest BCUT2D eigenvalue weighted by molar-refractivity contribution is 9.10. The predicted molar refractivity (Wildman–Crippen MR) is 104 cm³/mol. The lowest BCUT2D eigenvalue weighted by Crippen LogP contribution is -2.24. The molecule has 4 nitrogen and oxygen atoms in total. The molecule has 2 rings (SSSR count). The third-order valence-corrected chi connectivity index (χ3v) is 4.55. The second kappa shape index (κ2) is 9.37. The molecule has 0 aliphatic heterocycles. The Bertz CT molecular complexity index is 729. The molecule has 2 aromatic rings. The minimum absolute atomic E-state index is 0.0129. The normalized spacial score (nSPS) is 11.6. The average molecular weight is 403 g/mol. The molecule has 0 aliphatic rings. The minimum Gasteiger partial charge on any atom is -0.352 e. The highest BCUT2D eigenvalue weighted by atomic mass is 79.9. The van der Waals surface area contributed by atoms with Crippen molar-refractivity contribution in [1.29, 1.82) is 0 Å². The van der Waals surface area contributed by atoms with Crippen LogP contribution in [0, 0.1) is 5.92 Å². The number of hydrogen-bond acceptors (Lipinski definition) is 2. The maximum Gasteiger partial charge on any atom is 0.227 e. The summed E-state index contributed by atoms with van der Waals surface area (Å²) >= 11 is 3.38. The molecule has 2 amide bonds. The first-order valence-corrected chi connectivity index (χ1v) is 9.18. The molecule has 1 atom stereocenters. The lowest BCUT2D eigenvalue weighted by molar-refractivity contribution is -0.121. The van der Waals surface area contributed by atoms with Crippen molar-refractivity contribution in [3.63, 3.8) is 0 Å². The molecular formula is C20H23BrN2O2. The maximum atomic E-state index is 12.1. The van der Waals surface area contributed by atoms with Crippen LogP contribution in [0.3, 0.4) is 0 Å². The summed E-state index contributed by atoms with van der Waals surface area (Å²) in [5.74, 6) is -0.0374. The van der Waals surface area contributed by atoms with Gasteiger partial charge in [-0.15, -0.1) is 0 Å². The van der Waals surface area contributed by atoms with E-state index in [1.807, 2.05) is 62.4 Å². The van der Waals surface area contributed by atoms with Gasteiger partial charge < -0.3 is 10.6 Å². The first-order valence-electron chi connectivity index (χ1n) is 8.39. The number of amides is 2. The van der Waals surface area contributed by atoms with Gasteiger partial charge in [0.15, 0.2) is 0 Å². The van der Waals surface area contributed by atoms with Crippen LogP contribution in [-0.2, 0) is 22.6 Å². The van der Waals surface area contributed by atoms with Gasteiger partial charge in [0, 0.05) is 22.6 Å². The van der Waals surface area contributed by atoms with Crippen LogP contribution in [-0.4, -0.2) is 11.8 Å². The van der Waals surface area contributed by atoms with E-state index in [-0.39, 0.29) is 17.7 Å². The van der Waals surface area contributed by atoms with E-state index in [4.69, 9.17) is 0 Å². The number of carbonyl (C=O) groups excluding carboxylic acids is 2. The van der Waals surface area contributed by atoms with Gasteiger partial charge in [-0.1, -0.05) is 54.0 Å². The zero-order valence-electron chi connectivity index (χ0n) is 14.5. The molecule has 132 valence electrons. The maximum absolute atomic E-state index is 12.1. The van der Waals surface area contributed by atoms with E-state index in [0.29, 0.717) is 13.0 Å². The number of nitrogens with one attached hydrogen (secondary N) is 2. The van der Waals surface area contributed by atoms with Crippen molar-refractivity contribution in [2.45, 2.75) is 33.2 Å². The molecule has 0 spiro atoms. The Labute approximate surface area is 157 Å². The van der Waals surface area contributed by atoms with Gasteiger partial charge in [0.05, 0.1) is 6.42 Å². The van der Waals surface area contributed by atoms with Crippen molar-refractivity contribution in [3.8, 4) is 0 Å². The van der Waals surface area contributed by atoms with Gasteiger partial charge in [-0.3, -0.25) is 9.59 Å². The van der Waals surface area contributed by atoms with Gasteiger partial charge in [-0.25, -0.2) is 0 Å². The van der Waals surface area contributed by atoms with Crippen LogP contribution >= 0.6 is 15.9 Å². The molecule has 0 aromatic heterocycles. The quantitative estimate of drug-likeness (QED) is 0.725. The molecule has 0 fully saturated rings. The van der Waals surface area contributed by atoms with Gasteiger partial charge in [0.2, 0.25) is 11.8 Å². The molecule has 0 radical (unpaired) electrons. The summed E-state index contributed by atoms with van der Waals surface area (Å²) in [6.45, 7) is 4.32. The minimum atomic E-state index is -0.0311. The molecule has 0 aliphatic carbocycles. The Morgan fingerprint density at radius 2 is 1.80 bits per heavy atom. The summed E-state index contributed by atoms with van der Waals surface area (Å²) in [6.07, 6.45) is 1.15. The van der Waals surface area contributed by atoms with E-state index in [2.05, 4.69) is 26.6 Å². The molecule has 25 heavy (non-hydrogen) atoms. The Morgan fingerprint density at radius 3 is 2.48 bits per heavy atom. The number of benzene rings is 2. The fourth-order valence-electron chi connectivity index (χ4n) is 2.26. The van der Waals surface area contributed by atoms with Gasteiger partial charge in [-0.2, -0.15) is 0 Å². The van der Waals surface area contributed by atoms with E-state index >= 15 is 0 Å². The van der Waals surface area contributed by atoms with E-state index in [9.17, 15) is 9.59 Å². The highest BCUT2D eigenvalue weighted by Gasteiger charge is 2.10. The van der Waals surface area contributed by atoms with Crippen LogP contribution < -0.4 is 10.6 Å². The van der Waals surface area contributed by atoms with Gasteiger partial charge >= 0.3 is 0 Å². The number of anilines is 1. The molecule has 2 N–H and O–H groups in total. The molecule has 2 aromatic carbocycles.